The van der Waals surface area contributed by atoms with Gasteiger partial charge in [0.1, 0.15) is 16.9 Å². The molecule has 2 aromatic heterocycles. The molecular formula is C17H18N6O. The molecule has 24 heavy (non-hydrogen) atoms. The Bertz CT molecular complexity index is 889. The maximum atomic E-state index is 12.8. The molecule has 1 unspecified atom stereocenters. The summed E-state index contributed by atoms with van der Waals surface area (Å²) in [6.45, 7) is 3.35. The third-order valence-electron chi connectivity index (χ3n) is 4.49. The van der Waals surface area contributed by atoms with E-state index < -0.39 is 0 Å². The predicted octanol–water partition coefficient (Wildman–Crippen LogP) is 2.08. The normalized spacial score (nSPS) is 18.0. The number of nitrogens with one attached hydrogen (secondary N) is 1. The fourth-order valence-electron chi connectivity index (χ4n) is 3.26. The van der Waals surface area contributed by atoms with Crippen LogP contribution in [0.2, 0.25) is 0 Å². The van der Waals surface area contributed by atoms with Gasteiger partial charge in [-0.05, 0) is 44.0 Å². The predicted molar refractivity (Wildman–Crippen MR) is 88.5 cm³/mol. The molecule has 0 spiro atoms. The third-order valence-corrected chi connectivity index (χ3v) is 4.49. The molecule has 1 fully saturated rings. The Labute approximate surface area is 139 Å². The molecule has 3 heterocycles. The van der Waals surface area contributed by atoms with E-state index in [9.17, 15) is 4.79 Å². The molecule has 0 aliphatic carbocycles. The summed E-state index contributed by atoms with van der Waals surface area (Å²) in [5.41, 5.74) is 3.14. The van der Waals surface area contributed by atoms with Crippen molar-refractivity contribution in [2.24, 2.45) is 0 Å². The molecule has 1 aliphatic rings. The fraction of sp³-hybridized carbons (Fsp3) is 0.353. The Hall–Kier alpha value is -2.83. The number of carbonyl (C=O) groups is 1. The summed E-state index contributed by atoms with van der Waals surface area (Å²) in [6.07, 6.45) is 3.81. The fourth-order valence-corrected chi connectivity index (χ4v) is 3.26. The lowest BCUT2D eigenvalue weighted by Crippen LogP contribution is -2.39. The summed E-state index contributed by atoms with van der Waals surface area (Å²) >= 11 is 0. The molecule has 0 bridgehead atoms. The molecule has 1 atom stereocenters. The largest absolute Gasteiger partial charge is 0.338 e. The first kappa shape index (κ1) is 14.7. The molecule has 7 nitrogen and oxygen atoms in total. The maximum absolute atomic E-state index is 12.8. The van der Waals surface area contributed by atoms with E-state index in [-0.39, 0.29) is 11.8 Å². The van der Waals surface area contributed by atoms with Crippen molar-refractivity contribution >= 4 is 16.9 Å². The van der Waals surface area contributed by atoms with E-state index in [1.807, 2.05) is 30.0 Å². The van der Waals surface area contributed by atoms with Gasteiger partial charge in [-0.25, -0.2) is 9.97 Å². The number of benzene rings is 1. The van der Waals surface area contributed by atoms with Crippen LogP contribution in [0.1, 0.15) is 40.6 Å². The lowest BCUT2D eigenvalue weighted by atomic mass is 9.94. The van der Waals surface area contributed by atoms with Gasteiger partial charge in [0, 0.05) is 36.5 Å². The summed E-state index contributed by atoms with van der Waals surface area (Å²) in [6, 6.07) is 7.37. The lowest BCUT2D eigenvalue weighted by molar-refractivity contribution is 0.0706. The van der Waals surface area contributed by atoms with Gasteiger partial charge in [-0.3, -0.25) is 4.79 Å². The van der Waals surface area contributed by atoms with Crippen molar-refractivity contribution in [3.8, 4) is 0 Å². The summed E-state index contributed by atoms with van der Waals surface area (Å²) in [5, 5.41) is 10.6. The van der Waals surface area contributed by atoms with Gasteiger partial charge in [0.05, 0.1) is 0 Å². The van der Waals surface area contributed by atoms with Crippen molar-refractivity contribution in [2.45, 2.75) is 25.7 Å². The topological polar surface area (TPSA) is 87.7 Å². The standard InChI is InChI=1S/C17H18N6O/c1-11-18-7-6-14(19-11)13-3-2-8-23(10-13)17(24)12-4-5-15-16(9-12)21-22-20-15/h4-7,9,13H,2-3,8,10H2,1H3,(H,20,21,22). The number of carbonyl (C=O) groups excluding carboxylic acids is 1. The van der Waals surface area contributed by atoms with Gasteiger partial charge >= 0.3 is 0 Å². The first-order valence-corrected chi connectivity index (χ1v) is 8.10. The van der Waals surface area contributed by atoms with E-state index in [0.717, 1.165) is 36.4 Å². The second-order valence-corrected chi connectivity index (χ2v) is 6.15. The van der Waals surface area contributed by atoms with Gasteiger partial charge in [0.15, 0.2) is 0 Å². The van der Waals surface area contributed by atoms with Crippen LogP contribution >= 0.6 is 0 Å². The van der Waals surface area contributed by atoms with E-state index in [1.54, 1.807) is 12.3 Å². The smallest absolute Gasteiger partial charge is 0.253 e. The number of fused-ring (bicyclic) bond motifs is 1. The van der Waals surface area contributed by atoms with Gasteiger partial charge in [0.2, 0.25) is 0 Å². The number of amides is 1. The second-order valence-electron chi connectivity index (χ2n) is 6.15. The minimum Gasteiger partial charge on any atom is -0.338 e. The monoisotopic (exact) mass is 322 g/mol. The quantitative estimate of drug-likeness (QED) is 0.780. The molecule has 1 aromatic carbocycles. The molecule has 0 radical (unpaired) electrons. The average molecular weight is 322 g/mol. The molecule has 122 valence electrons. The van der Waals surface area contributed by atoms with Crippen LogP contribution in [0.25, 0.3) is 11.0 Å². The SMILES string of the molecule is Cc1nccc(C2CCCN(C(=O)c3ccc4n[nH]nc4c3)C2)n1. The van der Waals surface area contributed by atoms with E-state index >= 15 is 0 Å². The summed E-state index contributed by atoms with van der Waals surface area (Å²) in [7, 11) is 0. The van der Waals surface area contributed by atoms with Crippen LogP contribution in [0.5, 0.6) is 0 Å². The van der Waals surface area contributed by atoms with E-state index in [2.05, 4.69) is 25.4 Å². The van der Waals surface area contributed by atoms with Crippen LogP contribution in [0.3, 0.4) is 0 Å². The number of hydrogen-bond acceptors (Lipinski definition) is 5. The Morgan fingerprint density at radius 1 is 1.25 bits per heavy atom. The highest BCUT2D eigenvalue weighted by Crippen LogP contribution is 2.26. The number of aryl methyl sites for hydroxylation is 1. The molecule has 1 amide bonds. The van der Waals surface area contributed by atoms with Crippen LogP contribution in [0.15, 0.2) is 30.5 Å². The van der Waals surface area contributed by atoms with Crippen molar-refractivity contribution in [1.82, 2.24) is 30.3 Å². The van der Waals surface area contributed by atoms with Crippen LogP contribution in [0.4, 0.5) is 0 Å². The molecule has 1 N–H and O–H groups in total. The zero-order chi connectivity index (χ0) is 16.5. The van der Waals surface area contributed by atoms with Crippen molar-refractivity contribution < 1.29 is 4.79 Å². The highest BCUT2D eigenvalue weighted by atomic mass is 16.2. The number of nitrogens with zero attached hydrogens (tertiary/aromatic N) is 5. The molecular weight excluding hydrogens is 304 g/mol. The Morgan fingerprint density at radius 2 is 2.12 bits per heavy atom. The summed E-state index contributed by atoms with van der Waals surface area (Å²) < 4.78 is 0. The van der Waals surface area contributed by atoms with Crippen LogP contribution in [0, 0.1) is 6.92 Å². The zero-order valence-corrected chi connectivity index (χ0v) is 13.4. The molecule has 0 saturated carbocycles. The highest BCUT2D eigenvalue weighted by Gasteiger charge is 2.26. The number of aromatic amines is 1. The van der Waals surface area contributed by atoms with Crippen molar-refractivity contribution in [1.29, 1.82) is 0 Å². The third kappa shape index (κ3) is 2.73. The first-order valence-electron chi connectivity index (χ1n) is 8.10. The van der Waals surface area contributed by atoms with Crippen LogP contribution in [-0.2, 0) is 0 Å². The Kier molecular flexibility index (Phi) is 3.68. The summed E-state index contributed by atoms with van der Waals surface area (Å²) in [4.78, 5) is 23.4. The van der Waals surface area contributed by atoms with E-state index in [4.69, 9.17) is 0 Å². The van der Waals surface area contributed by atoms with Gasteiger partial charge in [-0.1, -0.05) is 0 Å². The Morgan fingerprint density at radius 3 is 3.00 bits per heavy atom. The van der Waals surface area contributed by atoms with Crippen molar-refractivity contribution in [3.05, 3.63) is 47.5 Å². The average Bonchev–Trinajstić information content (AvgIpc) is 3.09. The van der Waals surface area contributed by atoms with Crippen molar-refractivity contribution in [3.63, 3.8) is 0 Å². The number of aromatic nitrogens is 5. The van der Waals surface area contributed by atoms with E-state index in [1.165, 1.54) is 0 Å². The highest BCUT2D eigenvalue weighted by molar-refractivity contribution is 5.97. The number of piperidine rings is 1. The van der Waals surface area contributed by atoms with Gasteiger partial charge in [-0.2, -0.15) is 15.4 Å². The van der Waals surface area contributed by atoms with Crippen LogP contribution in [-0.4, -0.2) is 49.3 Å². The number of likely N-dealkylation sites (tertiary alicyclic amines) is 1. The second kappa shape index (κ2) is 5.99. The number of H-pyrrole nitrogens is 1. The molecule has 7 heteroatoms. The number of hydrogen-bond donors (Lipinski definition) is 1. The minimum atomic E-state index is 0.0374. The summed E-state index contributed by atoms with van der Waals surface area (Å²) in [5.74, 6) is 1.07. The maximum Gasteiger partial charge on any atom is 0.253 e. The first-order chi connectivity index (χ1) is 11.7. The molecule has 1 aliphatic heterocycles. The molecule has 3 aromatic rings. The van der Waals surface area contributed by atoms with Gasteiger partial charge < -0.3 is 4.90 Å². The molecule has 4 rings (SSSR count). The lowest BCUT2D eigenvalue weighted by Gasteiger charge is -2.32. The number of rotatable bonds is 2. The molecule has 1 saturated heterocycles. The van der Waals surface area contributed by atoms with E-state index in [0.29, 0.717) is 17.6 Å². The van der Waals surface area contributed by atoms with Crippen LogP contribution < -0.4 is 0 Å². The minimum absolute atomic E-state index is 0.0374. The van der Waals surface area contributed by atoms with Gasteiger partial charge in [0.25, 0.3) is 5.91 Å². The van der Waals surface area contributed by atoms with Gasteiger partial charge in [-0.15, -0.1) is 0 Å². The Balaban J connectivity index is 1.55. The van der Waals surface area contributed by atoms with Crippen molar-refractivity contribution in [2.75, 3.05) is 13.1 Å². The zero-order valence-electron chi connectivity index (χ0n) is 13.4.